The van der Waals surface area contributed by atoms with Crippen molar-refractivity contribution < 1.29 is 23.9 Å². The van der Waals surface area contributed by atoms with E-state index in [4.69, 9.17) is 4.74 Å². The Balaban J connectivity index is 1.24. The summed E-state index contributed by atoms with van der Waals surface area (Å²) in [6.07, 6.45) is 1.34. The van der Waals surface area contributed by atoms with Gasteiger partial charge in [0.25, 0.3) is 17.7 Å². The number of hydrogen-bond acceptors (Lipinski definition) is 5. The Morgan fingerprint density at radius 3 is 2.28 bits per heavy atom. The predicted octanol–water partition coefficient (Wildman–Crippen LogP) is 2.10. The van der Waals surface area contributed by atoms with E-state index in [2.05, 4.69) is 5.32 Å². The molecule has 4 rings (SSSR count). The quantitative estimate of drug-likeness (QED) is 0.701. The Bertz CT molecular complexity index is 1020. The number of hydrogen-bond donors (Lipinski definition) is 1. The molecular formula is C24H25N3O5. The van der Waals surface area contributed by atoms with Gasteiger partial charge < -0.3 is 15.0 Å². The van der Waals surface area contributed by atoms with Crippen molar-refractivity contribution in [3.63, 3.8) is 0 Å². The van der Waals surface area contributed by atoms with Gasteiger partial charge in [-0.05, 0) is 43.2 Å². The predicted molar refractivity (Wildman–Crippen MR) is 116 cm³/mol. The largest absolute Gasteiger partial charge is 0.497 e. The molecule has 166 valence electrons. The molecule has 2 aliphatic rings. The van der Waals surface area contributed by atoms with Crippen LogP contribution in [0.1, 0.15) is 50.3 Å². The van der Waals surface area contributed by atoms with E-state index >= 15 is 0 Å². The number of methoxy groups -OCH3 is 1. The van der Waals surface area contributed by atoms with Crippen molar-refractivity contribution in [3.8, 4) is 5.75 Å². The number of amides is 4. The number of likely N-dealkylation sites (tertiary alicyclic amines) is 1. The molecule has 2 heterocycles. The molecule has 1 fully saturated rings. The zero-order valence-electron chi connectivity index (χ0n) is 17.9. The van der Waals surface area contributed by atoms with Crippen LogP contribution in [0, 0.1) is 0 Å². The van der Waals surface area contributed by atoms with E-state index in [1.165, 1.54) is 0 Å². The minimum atomic E-state index is -0.359. The zero-order valence-corrected chi connectivity index (χ0v) is 17.9. The summed E-state index contributed by atoms with van der Waals surface area (Å²) in [6.45, 7) is 1.13. The van der Waals surface area contributed by atoms with Gasteiger partial charge in [0, 0.05) is 37.7 Å². The minimum Gasteiger partial charge on any atom is -0.497 e. The lowest BCUT2D eigenvalue weighted by Gasteiger charge is -2.32. The minimum absolute atomic E-state index is 0.0426. The highest BCUT2D eigenvalue weighted by atomic mass is 16.5. The van der Waals surface area contributed by atoms with Crippen LogP contribution in [0.4, 0.5) is 0 Å². The first kappa shape index (κ1) is 21.5. The standard InChI is InChI=1S/C24H25N3O5/c1-32-18-6-4-5-16(15-18)22(29)26-12-9-17(10-13-26)25-21(28)11-14-27-23(30)19-7-2-3-8-20(19)24(27)31/h2-8,15,17H,9-14H2,1H3,(H,25,28). The fourth-order valence-electron chi connectivity index (χ4n) is 4.12. The van der Waals surface area contributed by atoms with E-state index in [-0.39, 0.29) is 42.6 Å². The number of rotatable bonds is 6. The third-order valence-corrected chi connectivity index (χ3v) is 5.90. The zero-order chi connectivity index (χ0) is 22.7. The van der Waals surface area contributed by atoms with Gasteiger partial charge in [-0.15, -0.1) is 0 Å². The normalized spacial score (nSPS) is 16.2. The summed E-state index contributed by atoms with van der Waals surface area (Å²) in [4.78, 5) is 52.8. The number of nitrogens with one attached hydrogen (secondary N) is 1. The van der Waals surface area contributed by atoms with Gasteiger partial charge in [0.2, 0.25) is 5.91 Å². The van der Waals surface area contributed by atoms with Crippen molar-refractivity contribution in [2.45, 2.75) is 25.3 Å². The summed E-state index contributed by atoms with van der Waals surface area (Å²) in [5, 5.41) is 2.96. The molecule has 2 aromatic rings. The third-order valence-electron chi connectivity index (χ3n) is 5.90. The number of carbonyl (C=O) groups excluding carboxylic acids is 4. The van der Waals surface area contributed by atoms with Crippen LogP contribution in [-0.2, 0) is 4.79 Å². The summed E-state index contributed by atoms with van der Waals surface area (Å²) in [6, 6.07) is 13.7. The second-order valence-electron chi connectivity index (χ2n) is 7.92. The van der Waals surface area contributed by atoms with Crippen LogP contribution in [0.2, 0.25) is 0 Å². The van der Waals surface area contributed by atoms with E-state index in [9.17, 15) is 19.2 Å². The molecule has 0 aromatic heterocycles. The topological polar surface area (TPSA) is 96.0 Å². The summed E-state index contributed by atoms with van der Waals surface area (Å²) in [5.74, 6) is -0.347. The Morgan fingerprint density at radius 1 is 1.00 bits per heavy atom. The van der Waals surface area contributed by atoms with Gasteiger partial charge in [0.05, 0.1) is 18.2 Å². The maximum atomic E-state index is 12.7. The van der Waals surface area contributed by atoms with Crippen molar-refractivity contribution in [2.24, 2.45) is 0 Å². The molecule has 0 unspecified atom stereocenters. The highest BCUT2D eigenvalue weighted by molar-refractivity contribution is 6.21. The first-order valence-electron chi connectivity index (χ1n) is 10.7. The maximum absolute atomic E-state index is 12.7. The number of benzene rings is 2. The summed E-state index contributed by atoms with van der Waals surface area (Å²) < 4.78 is 5.18. The molecular weight excluding hydrogens is 410 g/mol. The summed E-state index contributed by atoms with van der Waals surface area (Å²) in [5.41, 5.74) is 1.34. The maximum Gasteiger partial charge on any atom is 0.261 e. The van der Waals surface area contributed by atoms with E-state index in [0.717, 1.165) is 4.90 Å². The van der Waals surface area contributed by atoms with Crippen molar-refractivity contribution in [3.05, 3.63) is 65.2 Å². The lowest BCUT2D eigenvalue weighted by molar-refractivity contribution is -0.122. The van der Waals surface area contributed by atoms with Crippen molar-refractivity contribution >= 4 is 23.6 Å². The lowest BCUT2D eigenvalue weighted by atomic mass is 10.0. The average Bonchev–Trinajstić information content (AvgIpc) is 3.07. The van der Waals surface area contributed by atoms with Gasteiger partial charge in [0.1, 0.15) is 5.75 Å². The number of nitrogens with zero attached hydrogens (tertiary/aromatic N) is 2. The Kier molecular flexibility index (Phi) is 6.20. The van der Waals surface area contributed by atoms with E-state index < -0.39 is 0 Å². The Hall–Kier alpha value is -3.68. The highest BCUT2D eigenvalue weighted by Crippen LogP contribution is 2.22. The molecule has 0 bridgehead atoms. The molecule has 1 saturated heterocycles. The molecule has 0 saturated carbocycles. The van der Waals surface area contributed by atoms with Crippen LogP contribution in [0.3, 0.4) is 0 Å². The molecule has 8 heteroatoms. The van der Waals surface area contributed by atoms with Gasteiger partial charge in [0.15, 0.2) is 0 Å². The second-order valence-corrected chi connectivity index (χ2v) is 7.92. The molecule has 1 N–H and O–H groups in total. The highest BCUT2D eigenvalue weighted by Gasteiger charge is 2.35. The van der Waals surface area contributed by atoms with E-state index in [1.807, 2.05) is 0 Å². The van der Waals surface area contributed by atoms with Crippen LogP contribution < -0.4 is 10.1 Å². The first-order chi connectivity index (χ1) is 15.5. The number of carbonyl (C=O) groups is 4. The van der Waals surface area contributed by atoms with Gasteiger partial charge in [-0.2, -0.15) is 0 Å². The molecule has 0 atom stereocenters. The van der Waals surface area contributed by atoms with Crippen LogP contribution in [0.25, 0.3) is 0 Å². The molecule has 0 radical (unpaired) electrons. The monoisotopic (exact) mass is 435 g/mol. The molecule has 32 heavy (non-hydrogen) atoms. The molecule has 0 spiro atoms. The number of fused-ring (bicyclic) bond motifs is 1. The number of imide groups is 1. The Morgan fingerprint density at radius 2 is 1.66 bits per heavy atom. The summed E-state index contributed by atoms with van der Waals surface area (Å²) in [7, 11) is 1.56. The summed E-state index contributed by atoms with van der Waals surface area (Å²) >= 11 is 0. The van der Waals surface area contributed by atoms with E-state index in [0.29, 0.717) is 48.4 Å². The lowest BCUT2D eigenvalue weighted by Crippen LogP contribution is -2.47. The van der Waals surface area contributed by atoms with Gasteiger partial charge in [-0.25, -0.2) is 0 Å². The van der Waals surface area contributed by atoms with Gasteiger partial charge in [-0.1, -0.05) is 18.2 Å². The van der Waals surface area contributed by atoms with Crippen molar-refractivity contribution in [2.75, 3.05) is 26.7 Å². The Labute approximate surface area is 186 Å². The molecule has 8 nitrogen and oxygen atoms in total. The smallest absolute Gasteiger partial charge is 0.261 e. The van der Waals surface area contributed by atoms with Crippen LogP contribution >= 0.6 is 0 Å². The first-order valence-corrected chi connectivity index (χ1v) is 10.7. The van der Waals surface area contributed by atoms with Crippen LogP contribution in [0.5, 0.6) is 5.75 Å². The SMILES string of the molecule is COc1cccc(C(=O)N2CCC(NC(=O)CCN3C(=O)c4ccccc4C3=O)CC2)c1. The van der Waals surface area contributed by atoms with Crippen LogP contribution in [0.15, 0.2) is 48.5 Å². The molecule has 4 amide bonds. The third kappa shape index (κ3) is 4.34. The van der Waals surface area contributed by atoms with Crippen molar-refractivity contribution in [1.82, 2.24) is 15.1 Å². The number of piperidine rings is 1. The second kappa shape index (κ2) is 9.21. The number of ether oxygens (including phenoxy) is 1. The molecule has 2 aromatic carbocycles. The van der Waals surface area contributed by atoms with Crippen molar-refractivity contribution in [1.29, 1.82) is 0 Å². The average molecular weight is 435 g/mol. The van der Waals surface area contributed by atoms with Crippen LogP contribution in [-0.4, -0.2) is 66.2 Å². The molecule has 0 aliphatic carbocycles. The molecule has 2 aliphatic heterocycles. The van der Waals surface area contributed by atoms with E-state index in [1.54, 1.807) is 60.5 Å². The fourth-order valence-corrected chi connectivity index (χ4v) is 4.12. The van der Waals surface area contributed by atoms with Gasteiger partial charge in [-0.3, -0.25) is 24.1 Å². The fraction of sp³-hybridized carbons (Fsp3) is 0.333. The van der Waals surface area contributed by atoms with Gasteiger partial charge >= 0.3 is 0 Å².